The normalized spacial score (nSPS) is 24.9. The number of nitrogens with one attached hydrogen (secondary N) is 1. The first-order valence-electron chi connectivity index (χ1n) is 6.29. The van der Waals surface area contributed by atoms with Gasteiger partial charge in [-0.2, -0.15) is 0 Å². The Labute approximate surface area is 102 Å². The average molecular weight is 237 g/mol. The monoisotopic (exact) mass is 237 g/mol. The highest BCUT2D eigenvalue weighted by Gasteiger charge is 2.30. The molecule has 17 heavy (non-hydrogen) atoms. The molecule has 1 heterocycles. The molecule has 2 nitrogen and oxygen atoms in total. The van der Waals surface area contributed by atoms with Crippen LogP contribution in [0.1, 0.15) is 38.3 Å². The number of benzene rings is 1. The molecule has 3 atom stereocenters. The highest BCUT2D eigenvalue weighted by molar-refractivity contribution is 5.38. The molecule has 3 unspecified atom stereocenters. The summed E-state index contributed by atoms with van der Waals surface area (Å²) in [5.74, 6) is 1.14. The minimum Gasteiger partial charge on any atom is -0.490 e. The molecule has 1 aromatic carbocycles. The predicted molar refractivity (Wildman–Crippen MR) is 66.7 cm³/mol. The first kappa shape index (κ1) is 12.4. The lowest BCUT2D eigenvalue weighted by atomic mass is 9.89. The smallest absolute Gasteiger partial charge is 0.124 e. The van der Waals surface area contributed by atoms with Gasteiger partial charge in [0.05, 0.1) is 0 Å². The fourth-order valence-corrected chi connectivity index (χ4v) is 2.35. The molecule has 0 spiro atoms. The van der Waals surface area contributed by atoms with Crippen LogP contribution in [0.2, 0.25) is 0 Å². The first-order chi connectivity index (χ1) is 8.15. The van der Waals surface area contributed by atoms with Crippen LogP contribution in [0.3, 0.4) is 0 Å². The second-order valence-electron chi connectivity index (χ2n) is 4.80. The maximum Gasteiger partial charge on any atom is 0.124 e. The summed E-state index contributed by atoms with van der Waals surface area (Å²) in [5, 5.41) is 3.25. The minimum absolute atomic E-state index is 0.188. The second kappa shape index (κ2) is 5.05. The summed E-state index contributed by atoms with van der Waals surface area (Å²) in [5.41, 5.74) is 0.937. The summed E-state index contributed by atoms with van der Waals surface area (Å²) in [6, 6.07) is 4.96. The zero-order valence-corrected chi connectivity index (χ0v) is 10.7. The number of fused-ring (bicyclic) bond motifs is 1. The third-order valence-electron chi connectivity index (χ3n) is 3.72. The molecule has 0 saturated carbocycles. The van der Waals surface area contributed by atoms with Crippen molar-refractivity contribution < 1.29 is 9.13 Å². The van der Waals surface area contributed by atoms with Crippen molar-refractivity contribution in [1.29, 1.82) is 0 Å². The van der Waals surface area contributed by atoms with Gasteiger partial charge in [0, 0.05) is 18.0 Å². The molecule has 1 N–H and O–H groups in total. The standard InChI is InChI=1S/C14H20FNO/c1-4-9(2)14-8-12(16-3)11-7-10(15)5-6-13(11)17-14/h5-7,9,12,14,16H,4,8H2,1-3H3. The number of hydrogen-bond acceptors (Lipinski definition) is 2. The van der Waals surface area contributed by atoms with Gasteiger partial charge in [-0.15, -0.1) is 0 Å². The van der Waals surface area contributed by atoms with Gasteiger partial charge in [0.1, 0.15) is 17.7 Å². The predicted octanol–water partition coefficient (Wildman–Crippen LogP) is 3.28. The SMILES string of the molecule is CCC(C)C1CC(NC)c2cc(F)ccc2O1. The summed E-state index contributed by atoms with van der Waals surface area (Å²) in [6.45, 7) is 4.37. The second-order valence-corrected chi connectivity index (χ2v) is 4.80. The third-order valence-corrected chi connectivity index (χ3v) is 3.72. The molecule has 0 amide bonds. The number of halogens is 1. The van der Waals surface area contributed by atoms with Crippen LogP contribution < -0.4 is 10.1 Å². The molecule has 1 aliphatic heterocycles. The van der Waals surface area contributed by atoms with E-state index in [1.807, 2.05) is 7.05 Å². The van der Waals surface area contributed by atoms with Crippen molar-refractivity contribution >= 4 is 0 Å². The number of rotatable bonds is 3. The van der Waals surface area contributed by atoms with Gasteiger partial charge in [-0.3, -0.25) is 0 Å². The zero-order valence-electron chi connectivity index (χ0n) is 10.7. The van der Waals surface area contributed by atoms with E-state index in [1.165, 1.54) is 6.07 Å². The largest absolute Gasteiger partial charge is 0.490 e. The molecule has 94 valence electrons. The Bertz CT molecular complexity index is 394. The minimum atomic E-state index is -0.199. The Morgan fingerprint density at radius 3 is 2.94 bits per heavy atom. The van der Waals surface area contributed by atoms with Gasteiger partial charge < -0.3 is 10.1 Å². The van der Waals surface area contributed by atoms with Crippen molar-refractivity contribution in [3.63, 3.8) is 0 Å². The third kappa shape index (κ3) is 2.44. The lowest BCUT2D eigenvalue weighted by Gasteiger charge is -2.35. The maximum atomic E-state index is 13.2. The Kier molecular flexibility index (Phi) is 3.67. The Morgan fingerprint density at radius 1 is 1.53 bits per heavy atom. The van der Waals surface area contributed by atoms with Gasteiger partial charge in [0.15, 0.2) is 0 Å². The van der Waals surface area contributed by atoms with Crippen LogP contribution in [0.25, 0.3) is 0 Å². The molecule has 0 bridgehead atoms. The lowest BCUT2D eigenvalue weighted by molar-refractivity contribution is 0.0992. The van der Waals surface area contributed by atoms with Gasteiger partial charge >= 0.3 is 0 Å². The van der Waals surface area contributed by atoms with Crippen LogP contribution in [0, 0.1) is 11.7 Å². The van der Waals surface area contributed by atoms with E-state index in [-0.39, 0.29) is 18.0 Å². The van der Waals surface area contributed by atoms with Gasteiger partial charge in [-0.05, 0) is 31.2 Å². The van der Waals surface area contributed by atoms with Crippen molar-refractivity contribution in [2.75, 3.05) is 7.05 Å². The molecule has 3 heteroatoms. The highest BCUT2D eigenvalue weighted by atomic mass is 19.1. The molecular weight excluding hydrogens is 217 g/mol. The summed E-state index contributed by atoms with van der Waals surface area (Å²) < 4.78 is 19.2. The maximum absolute atomic E-state index is 13.2. The van der Waals surface area contributed by atoms with Crippen molar-refractivity contribution in [2.24, 2.45) is 5.92 Å². The molecular formula is C14H20FNO. The van der Waals surface area contributed by atoms with Crippen molar-refractivity contribution in [1.82, 2.24) is 5.32 Å². The molecule has 0 radical (unpaired) electrons. The van der Waals surface area contributed by atoms with E-state index >= 15 is 0 Å². The summed E-state index contributed by atoms with van der Waals surface area (Å²) in [6.07, 6.45) is 2.22. The number of ether oxygens (including phenoxy) is 1. The van der Waals surface area contributed by atoms with E-state index in [0.717, 1.165) is 24.2 Å². The van der Waals surface area contributed by atoms with Crippen LogP contribution in [-0.4, -0.2) is 13.2 Å². The number of hydrogen-bond donors (Lipinski definition) is 1. The molecule has 0 saturated heterocycles. The summed E-state index contributed by atoms with van der Waals surface area (Å²) in [4.78, 5) is 0. The summed E-state index contributed by atoms with van der Waals surface area (Å²) in [7, 11) is 1.92. The van der Waals surface area contributed by atoms with Gasteiger partial charge in [-0.1, -0.05) is 20.3 Å². The van der Waals surface area contributed by atoms with E-state index in [0.29, 0.717) is 5.92 Å². The average Bonchev–Trinajstić information content (AvgIpc) is 2.36. The molecule has 0 aromatic heterocycles. The van der Waals surface area contributed by atoms with E-state index in [2.05, 4.69) is 19.2 Å². The van der Waals surface area contributed by atoms with Crippen molar-refractivity contribution in [2.45, 2.75) is 38.8 Å². The summed E-state index contributed by atoms with van der Waals surface area (Å²) >= 11 is 0. The van der Waals surface area contributed by atoms with E-state index in [4.69, 9.17) is 4.74 Å². The van der Waals surface area contributed by atoms with Crippen LogP contribution in [0.15, 0.2) is 18.2 Å². The van der Waals surface area contributed by atoms with Gasteiger partial charge in [0.25, 0.3) is 0 Å². The molecule has 0 fully saturated rings. The Balaban J connectivity index is 2.29. The van der Waals surface area contributed by atoms with E-state index in [9.17, 15) is 4.39 Å². The van der Waals surface area contributed by atoms with Crippen LogP contribution in [0.4, 0.5) is 4.39 Å². The molecule has 1 aromatic rings. The molecule has 1 aliphatic rings. The molecule has 0 aliphatic carbocycles. The van der Waals surface area contributed by atoms with Gasteiger partial charge in [-0.25, -0.2) is 4.39 Å². The van der Waals surface area contributed by atoms with Crippen molar-refractivity contribution in [3.05, 3.63) is 29.6 Å². The van der Waals surface area contributed by atoms with Gasteiger partial charge in [0.2, 0.25) is 0 Å². The van der Waals surface area contributed by atoms with Crippen LogP contribution in [0.5, 0.6) is 5.75 Å². The molecule has 2 rings (SSSR count). The quantitative estimate of drug-likeness (QED) is 0.871. The topological polar surface area (TPSA) is 21.3 Å². The fourth-order valence-electron chi connectivity index (χ4n) is 2.35. The Morgan fingerprint density at radius 2 is 2.29 bits per heavy atom. The first-order valence-corrected chi connectivity index (χ1v) is 6.29. The Hall–Kier alpha value is -1.09. The van der Waals surface area contributed by atoms with E-state index in [1.54, 1.807) is 12.1 Å². The lowest BCUT2D eigenvalue weighted by Crippen LogP contribution is -2.35. The zero-order chi connectivity index (χ0) is 12.4. The van der Waals surface area contributed by atoms with E-state index < -0.39 is 0 Å². The fraction of sp³-hybridized carbons (Fsp3) is 0.571. The van der Waals surface area contributed by atoms with Crippen LogP contribution >= 0.6 is 0 Å². The highest BCUT2D eigenvalue weighted by Crippen LogP contribution is 2.37. The van der Waals surface area contributed by atoms with Crippen molar-refractivity contribution in [3.8, 4) is 5.75 Å². The van der Waals surface area contributed by atoms with Crippen LogP contribution in [-0.2, 0) is 0 Å².